The Morgan fingerprint density at radius 3 is 3.00 bits per heavy atom. The van der Waals surface area contributed by atoms with Crippen molar-refractivity contribution in [1.82, 2.24) is 10.4 Å². The first-order chi connectivity index (χ1) is 5.21. The predicted octanol–water partition coefficient (Wildman–Crippen LogP) is -0.313. The smallest absolute Gasteiger partial charge is 0.345 e. The summed E-state index contributed by atoms with van der Waals surface area (Å²) < 4.78 is 4.62. The van der Waals surface area contributed by atoms with Crippen molar-refractivity contribution in [3.8, 4) is 0 Å². The fourth-order valence-corrected chi connectivity index (χ4v) is 1.90. The van der Waals surface area contributed by atoms with Gasteiger partial charge in [0.15, 0.2) is 0 Å². The average Bonchev–Trinajstić information content (AvgIpc) is 2.68. The van der Waals surface area contributed by atoms with Gasteiger partial charge in [0, 0.05) is 6.54 Å². The van der Waals surface area contributed by atoms with Crippen LogP contribution in [0, 0.1) is 0 Å². The second-order valence-electron chi connectivity index (χ2n) is 2.78. The number of carbonyl (C=O) groups is 1. The molecule has 2 heterocycles. The van der Waals surface area contributed by atoms with E-state index in [0.29, 0.717) is 0 Å². The zero-order valence-electron chi connectivity index (χ0n) is 6.13. The van der Waals surface area contributed by atoms with Gasteiger partial charge in [-0.1, -0.05) is 0 Å². The molecule has 1 N–H and O–H groups in total. The SMILES string of the molecule is COC(=O)C12NN1CCC2Cl. The Morgan fingerprint density at radius 1 is 1.91 bits per heavy atom. The predicted molar refractivity (Wildman–Crippen MR) is 38.8 cm³/mol. The van der Waals surface area contributed by atoms with E-state index in [4.69, 9.17) is 11.6 Å². The summed E-state index contributed by atoms with van der Waals surface area (Å²) in [5.41, 5.74) is 2.22. The van der Waals surface area contributed by atoms with E-state index in [1.807, 2.05) is 5.01 Å². The molecule has 62 valence electrons. The van der Waals surface area contributed by atoms with Crippen LogP contribution in [0.1, 0.15) is 6.42 Å². The molecule has 0 aromatic carbocycles. The summed E-state index contributed by atoms with van der Waals surface area (Å²) in [6.45, 7) is 0.823. The summed E-state index contributed by atoms with van der Waals surface area (Å²) in [6, 6.07) is 0. The van der Waals surface area contributed by atoms with Crippen molar-refractivity contribution in [2.75, 3.05) is 13.7 Å². The molecule has 2 aliphatic rings. The summed E-state index contributed by atoms with van der Waals surface area (Å²) in [6.07, 6.45) is 0.837. The standard InChI is InChI=1S/C6H9ClN2O2/c1-11-5(10)6-4(7)2-3-9(6)8-6/h4,8H,2-3H2,1H3. The maximum absolute atomic E-state index is 11.2. The molecule has 0 radical (unpaired) electrons. The van der Waals surface area contributed by atoms with Gasteiger partial charge >= 0.3 is 5.97 Å². The van der Waals surface area contributed by atoms with Crippen LogP contribution in [0.15, 0.2) is 0 Å². The van der Waals surface area contributed by atoms with Gasteiger partial charge in [0.2, 0.25) is 5.66 Å². The van der Waals surface area contributed by atoms with E-state index in [-0.39, 0.29) is 11.3 Å². The second kappa shape index (κ2) is 2.09. The van der Waals surface area contributed by atoms with Crippen molar-refractivity contribution in [3.05, 3.63) is 0 Å². The van der Waals surface area contributed by atoms with Crippen LogP contribution in [-0.2, 0) is 9.53 Å². The maximum atomic E-state index is 11.2. The van der Waals surface area contributed by atoms with Crippen LogP contribution in [0.5, 0.6) is 0 Å². The number of carbonyl (C=O) groups excluding carboxylic acids is 1. The van der Waals surface area contributed by atoms with Gasteiger partial charge in [-0.3, -0.25) is 0 Å². The number of rotatable bonds is 1. The summed E-state index contributed by atoms with van der Waals surface area (Å²) in [5, 5.41) is 1.66. The molecule has 0 aromatic rings. The van der Waals surface area contributed by atoms with E-state index in [0.717, 1.165) is 13.0 Å². The van der Waals surface area contributed by atoms with Crippen LogP contribution in [0.4, 0.5) is 0 Å². The minimum absolute atomic E-state index is 0.157. The highest BCUT2D eigenvalue weighted by molar-refractivity contribution is 6.24. The number of nitrogens with one attached hydrogen (secondary N) is 1. The van der Waals surface area contributed by atoms with Crippen LogP contribution in [0.3, 0.4) is 0 Å². The Bertz CT molecular complexity index is 211. The molecule has 2 aliphatic heterocycles. The molecule has 0 amide bonds. The Morgan fingerprint density at radius 2 is 2.64 bits per heavy atom. The zero-order chi connectivity index (χ0) is 8.06. The van der Waals surface area contributed by atoms with Gasteiger partial charge in [-0.15, -0.1) is 11.6 Å². The van der Waals surface area contributed by atoms with Gasteiger partial charge < -0.3 is 4.74 Å². The molecule has 0 aromatic heterocycles. The number of halogens is 1. The number of methoxy groups -OCH3 is 1. The first-order valence-corrected chi connectivity index (χ1v) is 3.93. The third-order valence-electron chi connectivity index (χ3n) is 2.24. The number of hydrazine groups is 1. The lowest BCUT2D eigenvalue weighted by atomic mass is 10.1. The van der Waals surface area contributed by atoms with Crippen LogP contribution in [0.2, 0.25) is 0 Å². The number of fused-ring (bicyclic) bond motifs is 1. The quantitative estimate of drug-likeness (QED) is 0.338. The maximum Gasteiger partial charge on any atom is 0.345 e. The third-order valence-corrected chi connectivity index (χ3v) is 2.77. The van der Waals surface area contributed by atoms with Crippen LogP contribution in [0.25, 0.3) is 0 Å². The summed E-state index contributed by atoms with van der Waals surface area (Å²) in [7, 11) is 1.37. The normalized spacial score (nSPS) is 46.7. The monoisotopic (exact) mass is 176 g/mol. The van der Waals surface area contributed by atoms with E-state index in [2.05, 4.69) is 10.2 Å². The summed E-state index contributed by atoms with van der Waals surface area (Å²) in [5.74, 6) is -0.282. The van der Waals surface area contributed by atoms with E-state index >= 15 is 0 Å². The lowest BCUT2D eigenvalue weighted by Gasteiger charge is -2.09. The summed E-state index contributed by atoms with van der Waals surface area (Å²) >= 11 is 5.93. The molecule has 2 rings (SSSR count). The summed E-state index contributed by atoms with van der Waals surface area (Å²) in [4.78, 5) is 11.2. The lowest BCUT2D eigenvalue weighted by molar-refractivity contribution is -0.144. The van der Waals surface area contributed by atoms with Crippen LogP contribution >= 0.6 is 11.6 Å². The number of esters is 1. The highest BCUT2D eigenvalue weighted by Gasteiger charge is 2.67. The molecule has 11 heavy (non-hydrogen) atoms. The molecule has 0 aliphatic carbocycles. The van der Waals surface area contributed by atoms with Gasteiger partial charge in [0.25, 0.3) is 0 Å². The van der Waals surface area contributed by atoms with E-state index in [1.165, 1.54) is 7.11 Å². The second-order valence-corrected chi connectivity index (χ2v) is 3.30. The molecule has 4 nitrogen and oxygen atoms in total. The fraction of sp³-hybridized carbons (Fsp3) is 0.833. The number of alkyl halides is 1. The third kappa shape index (κ3) is 0.745. The van der Waals surface area contributed by atoms with Crippen molar-refractivity contribution in [2.45, 2.75) is 17.5 Å². The van der Waals surface area contributed by atoms with E-state index < -0.39 is 5.66 Å². The van der Waals surface area contributed by atoms with Crippen molar-refractivity contribution in [2.24, 2.45) is 0 Å². The Labute approximate surface area is 69.4 Å². The molecule has 0 bridgehead atoms. The molecule has 3 atom stereocenters. The number of hydrogen-bond donors (Lipinski definition) is 1. The van der Waals surface area contributed by atoms with Gasteiger partial charge in [0.1, 0.15) is 0 Å². The van der Waals surface area contributed by atoms with Gasteiger partial charge in [-0.25, -0.2) is 15.2 Å². The number of ether oxygens (including phenoxy) is 1. The molecule has 5 heteroatoms. The Kier molecular flexibility index (Phi) is 1.39. The topological polar surface area (TPSA) is 51.2 Å². The first kappa shape index (κ1) is 7.34. The van der Waals surface area contributed by atoms with Crippen molar-refractivity contribution in [3.63, 3.8) is 0 Å². The lowest BCUT2D eigenvalue weighted by Crippen LogP contribution is -2.37. The fourth-order valence-electron chi connectivity index (χ4n) is 1.54. The molecule has 3 unspecified atom stereocenters. The number of nitrogens with zero attached hydrogens (tertiary/aromatic N) is 1. The molecule has 2 fully saturated rings. The molecular weight excluding hydrogens is 168 g/mol. The van der Waals surface area contributed by atoms with Crippen LogP contribution in [-0.4, -0.2) is 35.7 Å². The minimum Gasteiger partial charge on any atom is -0.467 e. The van der Waals surface area contributed by atoms with E-state index in [9.17, 15) is 4.79 Å². The van der Waals surface area contributed by atoms with E-state index in [1.54, 1.807) is 0 Å². The van der Waals surface area contributed by atoms with Crippen molar-refractivity contribution < 1.29 is 9.53 Å². The van der Waals surface area contributed by atoms with Crippen LogP contribution < -0.4 is 5.43 Å². The zero-order valence-corrected chi connectivity index (χ0v) is 6.89. The molecular formula is C6H9ClN2O2. The Hall–Kier alpha value is -0.320. The van der Waals surface area contributed by atoms with Gasteiger partial charge in [-0.05, 0) is 6.42 Å². The largest absolute Gasteiger partial charge is 0.467 e. The molecule has 0 saturated carbocycles. The number of hydrogen-bond acceptors (Lipinski definition) is 4. The molecule has 2 saturated heterocycles. The minimum atomic E-state index is -0.684. The average molecular weight is 177 g/mol. The Balaban J connectivity index is 2.18. The molecule has 0 spiro atoms. The van der Waals surface area contributed by atoms with Gasteiger partial charge in [0.05, 0.1) is 12.5 Å². The van der Waals surface area contributed by atoms with Crippen molar-refractivity contribution >= 4 is 17.6 Å². The first-order valence-electron chi connectivity index (χ1n) is 3.50. The highest BCUT2D eigenvalue weighted by Crippen LogP contribution is 2.41. The van der Waals surface area contributed by atoms with Gasteiger partial charge in [-0.2, -0.15) is 0 Å². The van der Waals surface area contributed by atoms with Crippen molar-refractivity contribution in [1.29, 1.82) is 0 Å². The highest BCUT2D eigenvalue weighted by atomic mass is 35.5.